The van der Waals surface area contributed by atoms with Gasteiger partial charge < -0.3 is 10.5 Å². The van der Waals surface area contributed by atoms with Crippen LogP contribution < -0.4 is 10.5 Å². The third-order valence-electron chi connectivity index (χ3n) is 4.14. The molecule has 18 heavy (non-hydrogen) atoms. The molecule has 0 unspecified atom stereocenters. The molecule has 0 aliphatic heterocycles. The number of thiazole rings is 1. The largest absolute Gasteiger partial charge is 0.469 e. The van der Waals surface area contributed by atoms with Gasteiger partial charge in [0.25, 0.3) is 5.91 Å². The maximum absolute atomic E-state index is 11.3. The van der Waals surface area contributed by atoms with E-state index in [2.05, 4.69) is 11.6 Å². The molecule has 0 radical (unpaired) electrons. The minimum absolute atomic E-state index is 0.00454. The van der Waals surface area contributed by atoms with Crippen LogP contribution in [-0.2, 0) is 0 Å². The fraction of sp³-hybridized carbons (Fsp3) is 0.538. The van der Waals surface area contributed by atoms with Gasteiger partial charge in [-0.15, -0.1) is 11.3 Å². The van der Waals surface area contributed by atoms with Gasteiger partial charge in [-0.1, -0.05) is 13.0 Å². The van der Waals surface area contributed by atoms with Crippen molar-refractivity contribution in [3.05, 3.63) is 22.0 Å². The van der Waals surface area contributed by atoms with Crippen LogP contribution in [0.2, 0.25) is 0 Å². The zero-order valence-corrected chi connectivity index (χ0v) is 11.2. The van der Waals surface area contributed by atoms with Gasteiger partial charge in [0, 0.05) is 0 Å². The number of nitrogens with two attached hydrogens (primary N) is 1. The average molecular weight is 264 g/mol. The lowest BCUT2D eigenvalue weighted by molar-refractivity contribution is 0.00692. The van der Waals surface area contributed by atoms with E-state index in [9.17, 15) is 4.79 Å². The van der Waals surface area contributed by atoms with Crippen LogP contribution >= 0.6 is 11.3 Å². The average Bonchev–Trinajstić information content (AvgIpc) is 2.62. The molecule has 2 fully saturated rings. The third kappa shape index (κ3) is 1.57. The van der Waals surface area contributed by atoms with E-state index in [4.69, 9.17) is 10.5 Å². The van der Waals surface area contributed by atoms with Gasteiger partial charge in [-0.25, -0.2) is 4.98 Å². The Labute approximate surface area is 110 Å². The summed E-state index contributed by atoms with van der Waals surface area (Å²) in [5.41, 5.74) is 6.82. The summed E-state index contributed by atoms with van der Waals surface area (Å²) >= 11 is 1.28. The number of hydrogen-bond acceptors (Lipinski definition) is 4. The van der Waals surface area contributed by atoms with Crippen LogP contribution in [0.25, 0.3) is 0 Å². The van der Waals surface area contributed by atoms with E-state index in [1.54, 1.807) is 0 Å². The van der Waals surface area contributed by atoms with Gasteiger partial charge in [-0.05, 0) is 37.2 Å². The molecule has 0 bridgehead atoms. The van der Waals surface area contributed by atoms with Crippen LogP contribution in [0.4, 0.5) is 0 Å². The maximum Gasteiger partial charge on any atom is 0.264 e. The Balaban J connectivity index is 1.74. The first-order valence-electron chi connectivity index (χ1n) is 6.15. The Morgan fingerprint density at radius 1 is 1.61 bits per heavy atom. The molecule has 1 aromatic rings. The number of rotatable bonds is 3. The van der Waals surface area contributed by atoms with Crippen LogP contribution in [0.15, 0.2) is 12.2 Å². The fourth-order valence-corrected chi connectivity index (χ4v) is 3.55. The summed E-state index contributed by atoms with van der Waals surface area (Å²) in [5, 5.41) is 0.794. The first kappa shape index (κ1) is 11.7. The van der Waals surface area contributed by atoms with E-state index in [1.807, 2.05) is 6.92 Å². The summed E-state index contributed by atoms with van der Waals surface area (Å²) in [5.74, 6) is -0.0933. The molecule has 5 heteroatoms. The van der Waals surface area contributed by atoms with Crippen molar-refractivity contribution >= 4 is 17.2 Å². The fourth-order valence-electron chi connectivity index (χ4n) is 2.84. The normalized spacial score (nSPS) is 24.5. The van der Waals surface area contributed by atoms with Gasteiger partial charge in [0.1, 0.15) is 6.10 Å². The van der Waals surface area contributed by atoms with E-state index in [0.29, 0.717) is 16.2 Å². The Hall–Kier alpha value is -1.36. The Morgan fingerprint density at radius 3 is 2.83 bits per heavy atom. The SMILES string of the molecule is C=C1[C@H](Oc2nc(C)sc2C(N)=O)CC12CCC2. The number of carbonyl (C=O) groups excluding carboxylic acids is 1. The van der Waals surface area contributed by atoms with Crippen LogP contribution in [0.1, 0.15) is 40.4 Å². The molecule has 1 atom stereocenters. The molecule has 2 aliphatic carbocycles. The van der Waals surface area contributed by atoms with Crippen molar-refractivity contribution < 1.29 is 9.53 Å². The first-order chi connectivity index (χ1) is 8.52. The predicted molar refractivity (Wildman–Crippen MR) is 69.8 cm³/mol. The van der Waals surface area contributed by atoms with Crippen LogP contribution in [0.5, 0.6) is 5.88 Å². The third-order valence-corrected chi connectivity index (χ3v) is 5.10. The van der Waals surface area contributed by atoms with Crippen molar-refractivity contribution in [2.24, 2.45) is 11.1 Å². The second-order valence-corrected chi connectivity index (χ2v) is 6.40. The van der Waals surface area contributed by atoms with Crippen molar-refractivity contribution in [3.8, 4) is 5.88 Å². The van der Waals surface area contributed by atoms with Gasteiger partial charge >= 0.3 is 0 Å². The molecule has 2 saturated carbocycles. The zero-order valence-electron chi connectivity index (χ0n) is 10.4. The highest BCUT2D eigenvalue weighted by Gasteiger charge is 2.53. The number of amides is 1. The number of ether oxygens (including phenoxy) is 1. The van der Waals surface area contributed by atoms with Crippen molar-refractivity contribution in [1.82, 2.24) is 4.98 Å². The summed E-state index contributed by atoms with van der Waals surface area (Å²) in [7, 11) is 0. The Kier molecular flexibility index (Phi) is 2.48. The minimum atomic E-state index is -0.473. The molecule has 4 nitrogen and oxygen atoms in total. The van der Waals surface area contributed by atoms with Crippen LogP contribution in [-0.4, -0.2) is 17.0 Å². The maximum atomic E-state index is 11.3. The Bertz CT molecular complexity index is 531. The highest BCUT2D eigenvalue weighted by molar-refractivity contribution is 7.13. The van der Waals surface area contributed by atoms with E-state index in [1.165, 1.54) is 30.6 Å². The first-order valence-corrected chi connectivity index (χ1v) is 6.97. The lowest BCUT2D eigenvalue weighted by atomic mass is 9.52. The van der Waals surface area contributed by atoms with Gasteiger partial charge in [-0.2, -0.15) is 0 Å². The molecular formula is C13H16N2O2S. The molecule has 2 N–H and O–H groups in total. The molecule has 2 aliphatic rings. The van der Waals surface area contributed by atoms with E-state index in [0.717, 1.165) is 17.0 Å². The number of primary amides is 1. The minimum Gasteiger partial charge on any atom is -0.469 e. The monoisotopic (exact) mass is 264 g/mol. The molecule has 1 aromatic heterocycles. The van der Waals surface area contributed by atoms with E-state index >= 15 is 0 Å². The molecule has 96 valence electrons. The molecule has 3 rings (SSSR count). The summed E-state index contributed by atoms with van der Waals surface area (Å²) in [4.78, 5) is 15.9. The standard InChI is InChI=1S/C13H16N2O2S/c1-7-9(6-13(7)4-3-5-13)17-12-10(11(14)16)18-8(2)15-12/h9H,1,3-6H2,2H3,(H2,14,16)/t9-/m1/s1. The van der Waals surface area contributed by atoms with Gasteiger partial charge in [0.2, 0.25) is 5.88 Å². The number of aryl methyl sites for hydroxylation is 1. The number of aromatic nitrogens is 1. The number of carbonyl (C=O) groups is 1. The van der Waals surface area contributed by atoms with Crippen molar-refractivity contribution in [1.29, 1.82) is 0 Å². The highest BCUT2D eigenvalue weighted by atomic mass is 32.1. The smallest absolute Gasteiger partial charge is 0.264 e. The zero-order chi connectivity index (χ0) is 12.9. The molecule has 1 spiro atoms. The molecule has 0 aromatic carbocycles. The summed E-state index contributed by atoms with van der Waals surface area (Å²) < 4.78 is 5.81. The van der Waals surface area contributed by atoms with Crippen LogP contribution in [0, 0.1) is 12.3 Å². The number of nitrogens with zero attached hydrogens (tertiary/aromatic N) is 1. The van der Waals surface area contributed by atoms with E-state index in [-0.39, 0.29) is 6.10 Å². The van der Waals surface area contributed by atoms with Gasteiger partial charge in [0.15, 0.2) is 4.88 Å². The summed E-state index contributed by atoms with van der Waals surface area (Å²) in [6, 6.07) is 0. The molecule has 0 saturated heterocycles. The summed E-state index contributed by atoms with van der Waals surface area (Å²) in [6.07, 6.45) is 4.74. The van der Waals surface area contributed by atoms with Crippen molar-refractivity contribution in [3.63, 3.8) is 0 Å². The predicted octanol–water partition coefficient (Wildman–Crippen LogP) is 2.43. The van der Waals surface area contributed by atoms with Gasteiger partial charge in [0.05, 0.1) is 5.01 Å². The van der Waals surface area contributed by atoms with Gasteiger partial charge in [-0.3, -0.25) is 4.79 Å². The molecular weight excluding hydrogens is 248 g/mol. The lowest BCUT2D eigenvalue weighted by Gasteiger charge is -2.55. The van der Waals surface area contributed by atoms with Crippen molar-refractivity contribution in [2.75, 3.05) is 0 Å². The second-order valence-electron chi connectivity index (χ2n) is 5.20. The quantitative estimate of drug-likeness (QED) is 0.853. The molecule has 1 heterocycles. The summed E-state index contributed by atoms with van der Waals surface area (Å²) in [6.45, 7) is 5.97. The van der Waals surface area contributed by atoms with Crippen molar-refractivity contribution in [2.45, 2.75) is 38.7 Å². The lowest BCUT2D eigenvalue weighted by Crippen LogP contribution is -2.50. The Morgan fingerprint density at radius 2 is 2.33 bits per heavy atom. The van der Waals surface area contributed by atoms with E-state index < -0.39 is 5.91 Å². The highest BCUT2D eigenvalue weighted by Crippen LogP contribution is 2.59. The van der Waals surface area contributed by atoms with Crippen LogP contribution in [0.3, 0.4) is 0 Å². The topological polar surface area (TPSA) is 65.2 Å². The second kappa shape index (κ2) is 3.82. The molecule has 1 amide bonds. The number of hydrogen-bond donors (Lipinski definition) is 1.